The standard InChI is InChI=1S/C34H37Cl2F4N5O3/c1-33(2,3)48-32(47)44-13-11-43(12-14-44)30-10-7-23(17-41-30)31(46)45-19-24(22-6-9-26(35)27(36)16-22)29(20-45)42(4)18-21-5-8-25(28(37)15-21)34(38,39)40/h5-10,15-17,24,29H,11-14,18-20H2,1-4H3/t24-,29+/m1/s1. The molecule has 0 N–H and O–H groups in total. The zero-order valence-corrected chi connectivity index (χ0v) is 28.5. The first-order valence-corrected chi connectivity index (χ1v) is 16.2. The van der Waals surface area contributed by atoms with Gasteiger partial charge >= 0.3 is 12.3 Å². The SMILES string of the molecule is CN(Cc1ccc(C(F)(F)F)c(F)c1)[C@H]1CN(C(=O)c2ccc(N3CCN(C(=O)OC(C)(C)C)CC3)nc2)C[C@@H]1c1ccc(Cl)c(Cl)c1. The van der Waals surface area contributed by atoms with Gasteiger partial charge in [0.1, 0.15) is 17.2 Å². The number of likely N-dealkylation sites (tertiary alicyclic amines) is 1. The van der Waals surface area contributed by atoms with Crippen LogP contribution in [0.1, 0.15) is 53.7 Å². The maximum Gasteiger partial charge on any atom is 0.419 e. The van der Waals surface area contributed by atoms with Crippen LogP contribution in [0, 0.1) is 5.82 Å². The van der Waals surface area contributed by atoms with E-state index in [-0.39, 0.29) is 30.5 Å². The van der Waals surface area contributed by atoms with E-state index < -0.39 is 23.2 Å². The van der Waals surface area contributed by atoms with Gasteiger partial charge in [-0.05, 0) is 75.3 Å². The van der Waals surface area contributed by atoms with Gasteiger partial charge in [-0.15, -0.1) is 0 Å². The number of hydrogen-bond donors (Lipinski definition) is 0. The molecular formula is C34H37Cl2F4N5O3. The first kappa shape index (κ1) is 35.7. The van der Waals surface area contributed by atoms with Crippen LogP contribution in [-0.4, -0.2) is 89.6 Å². The maximum absolute atomic E-state index is 14.4. The van der Waals surface area contributed by atoms with E-state index in [2.05, 4.69) is 4.98 Å². The number of aromatic nitrogens is 1. The second kappa shape index (κ2) is 14.1. The highest BCUT2D eigenvalue weighted by Gasteiger charge is 2.39. The lowest BCUT2D eigenvalue weighted by Gasteiger charge is -2.36. The van der Waals surface area contributed by atoms with E-state index in [0.717, 1.165) is 17.7 Å². The number of hydrogen-bond acceptors (Lipinski definition) is 6. The highest BCUT2D eigenvalue weighted by atomic mass is 35.5. The van der Waals surface area contributed by atoms with Crippen molar-refractivity contribution in [3.63, 3.8) is 0 Å². The molecule has 0 radical (unpaired) electrons. The van der Waals surface area contributed by atoms with Gasteiger partial charge in [-0.2, -0.15) is 13.2 Å². The molecule has 2 amide bonds. The number of carbonyl (C=O) groups excluding carboxylic acids is 2. The maximum atomic E-state index is 14.4. The molecule has 14 heteroatoms. The number of rotatable bonds is 6. The van der Waals surface area contributed by atoms with Crippen molar-refractivity contribution in [1.29, 1.82) is 0 Å². The van der Waals surface area contributed by atoms with E-state index >= 15 is 0 Å². The Kier molecular flexibility index (Phi) is 10.5. The van der Waals surface area contributed by atoms with Crippen molar-refractivity contribution in [3.05, 3.63) is 92.8 Å². The molecule has 1 aromatic heterocycles. The van der Waals surface area contributed by atoms with Crippen LogP contribution in [0.4, 0.5) is 28.2 Å². The molecular weight excluding hydrogens is 673 g/mol. The number of amides is 2. The van der Waals surface area contributed by atoms with Crippen LogP contribution in [0.2, 0.25) is 10.0 Å². The quantitative estimate of drug-likeness (QED) is 0.250. The van der Waals surface area contributed by atoms with Crippen LogP contribution in [0.5, 0.6) is 0 Å². The molecule has 258 valence electrons. The van der Waals surface area contributed by atoms with Gasteiger partial charge in [-0.25, -0.2) is 14.2 Å². The monoisotopic (exact) mass is 709 g/mol. The summed E-state index contributed by atoms with van der Waals surface area (Å²) in [4.78, 5) is 38.0. The Labute approximate surface area is 287 Å². The normalized spacial score (nSPS) is 18.9. The highest BCUT2D eigenvalue weighted by molar-refractivity contribution is 6.42. The van der Waals surface area contributed by atoms with Crippen LogP contribution in [-0.2, 0) is 17.5 Å². The minimum absolute atomic E-state index is 0.150. The summed E-state index contributed by atoms with van der Waals surface area (Å²) in [6.45, 7) is 8.36. The number of ether oxygens (including phenoxy) is 1. The number of piperazine rings is 1. The summed E-state index contributed by atoms with van der Waals surface area (Å²) in [6, 6.07) is 11.4. The summed E-state index contributed by atoms with van der Waals surface area (Å²) in [5, 5.41) is 0.741. The van der Waals surface area contributed by atoms with Crippen LogP contribution in [0.25, 0.3) is 0 Å². The van der Waals surface area contributed by atoms with E-state index in [4.69, 9.17) is 27.9 Å². The van der Waals surface area contributed by atoms with Crippen molar-refractivity contribution in [2.45, 2.75) is 51.1 Å². The lowest BCUT2D eigenvalue weighted by molar-refractivity contribution is -0.140. The predicted molar refractivity (Wildman–Crippen MR) is 176 cm³/mol. The van der Waals surface area contributed by atoms with Crippen LogP contribution in [0.3, 0.4) is 0 Å². The van der Waals surface area contributed by atoms with E-state index in [1.807, 2.05) is 36.6 Å². The molecule has 0 bridgehead atoms. The van der Waals surface area contributed by atoms with Crippen molar-refractivity contribution in [1.82, 2.24) is 19.7 Å². The second-order valence-corrected chi connectivity index (χ2v) is 14.0. The van der Waals surface area contributed by atoms with Gasteiger partial charge in [0, 0.05) is 64.0 Å². The van der Waals surface area contributed by atoms with Gasteiger partial charge in [-0.3, -0.25) is 9.69 Å². The number of halogens is 6. The molecule has 2 fully saturated rings. The number of nitrogens with zero attached hydrogens (tertiary/aromatic N) is 5. The lowest BCUT2D eigenvalue weighted by Crippen LogP contribution is -2.50. The zero-order chi connectivity index (χ0) is 35.0. The lowest BCUT2D eigenvalue weighted by atomic mass is 9.93. The van der Waals surface area contributed by atoms with Gasteiger partial charge in [0.25, 0.3) is 5.91 Å². The smallest absolute Gasteiger partial charge is 0.419 e. The second-order valence-electron chi connectivity index (χ2n) is 13.1. The van der Waals surface area contributed by atoms with Gasteiger partial charge in [-0.1, -0.05) is 35.3 Å². The van der Waals surface area contributed by atoms with E-state index in [1.54, 1.807) is 41.1 Å². The summed E-state index contributed by atoms with van der Waals surface area (Å²) in [5.74, 6) is -1.10. The van der Waals surface area contributed by atoms with Crippen molar-refractivity contribution in [2.24, 2.45) is 0 Å². The number of likely N-dealkylation sites (N-methyl/N-ethyl adjacent to an activating group) is 1. The van der Waals surface area contributed by atoms with E-state index in [0.29, 0.717) is 66.3 Å². The van der Waals surface area contributed by atoms with Gasteiger partial charge in [0.2, 0.25) is 0 Å². The Hall–Kier alpha value is -3.61. The van der Waals surface area contributed by atoms with E-state index in [9.17, 15) is 27.2 Å². The van der Waals surface area contributed by atoms with Crippen molar-refractivity contribution < 1.29 is 31.9 Å². The van der Waals surface area contributed by atoms with Crippen LogP contribution < -0.4 is 4.90 Å². The molecule has 2 aliphatic rings. The molecule has 2 aromatic carbocycles. The minimum atomic E-state index is -4.79. The summed E-state index contributed by atoms with van der Waals surface area (Å²) in [6.07, 6.45) is -3.60. The molecule has 2 aliphatic heterocycles. The van der Waals surface area contributed by atoms with Gasteiger partial charge in [0.05, 0.1) is 21.2 Å². The third-order valence-corrected chi connectivity index (χ3v) is 9.27. The number of benzene rings is 2. The summed E-state index contributed by atoms with van der Waals surface area (Å²) in [5.41, 5.74) is -0.285. The average Bonchev–Trinajstić information content (AvgIpc) is 3.47. The van der Waals surface area contributed by atoms with Gasteiger partial charge in [0.15, 0.2) is 0 Å². The zero-order valence-electron chi connectivity index (χ0n) is 27.0. The topological polar surface area (TPSA) is 69.2 Å². The molecule has 0 spiro atoms. The average molecular weight is 711 g/mol. The Morgan fingerprint density at radius 2 is 1.65 bits per heavy atom. The predicted octanol–water partition coefficient (Wildman–Crippen LogP) is 7.34. The Morgan fingerprint density at radius 3 is 2.23 bits per heavy atom. The fraction of sp³-hybridized carbons (Fsp3) is 0.441. The Morgan fingerprint density at radius 1 is 0.938 bits per heavy atom. The van der Waals surface area contributed by atoms with Crippen LogP contribution >= 0.6 is 23.2 Å². The first-order chi connectivity index (χ1) is 22.5. The summed E-state index contributed by atoms with van der Waals surface area (Å²) < 4.78 is 59.2. The van der Waals surface area contributed by atoms with Crippen molar-refractivity contribution >= 4 is 41.0 Å². The highest BCUT2D eigenvalue weighted by Crippen LogP contribution is 2.36. The Bertz CT molecular complexity index is 1640. The largest absolute Gasteiger partial charge is 0.444 e. The molecule has 0 saturated carbocycles. The molecule has 2 atom stereocenters. The molecule has 8 nitrogen and oxygen atoms in total. The fourth-order valence-electron chi connectivity index (χ4n) is 6.09. The minimum Gasteiger partial charge on any atom is -0.444 e. The summed E-state index contributed by atoms with van der Waals surface area (Å²) in [7, 11) is 1.79. The third-order valence-electron chi connectivity index (χ3n) is 8.54. The van der Waals surface area contributed by atoms with Crippen LogP contribution in [0.15, 0.2) is 54.7 Å². The molecule has 0 unspecified atom stereocenters. The number of pyridine rings is 1. The van der Waals surface area contributed by atoms with Gasteiger partial charge < -0.3 is 19.4 Å². The Balaban J connectivity index is 1.29. The molecule has 2 saturated heterocycles. The number of alkyl halides is 3. The molecule has 0 aliphatic carbocycles. The fourth-order valence-corrected chi connectivity index (χ4v) is 6.40. The number of anilines is 1. The third kappa shape index (κ3) is 8.33. The molecule has 5 rings (SSSR count). The van der Waals surface area contributed by atoms with E-state index in [1.165, 1.54) is 12.3 Å². The molecule has 48 heavy (non-hydrogen) atoms. The molecule has 3 aromatic rings. The summed E-state index contributed by atoms with van der Waals surface area (Å²) >= 11 is 12.5. The molecule has 3 heterocycles. The van der Waals surface area contributed by atoms with Crippen molar-refractivity contribution in [2.75, 3.05) is 51.2 Å². The number of carbonyl (C=O) groups is 2. The van der Waals surface area contributed by atoms with Crippen molar-refractivity contribution in [3.8, 4) is 0 Å². The first-order valence-electron chi connectivity index (χ1n) is 15.5.